The van der Waals surface area contributed by atoms with Gasteiger partial charge in [-0.1, -0.05) is 0 Å². The molecule has 1 N–H and O–H groups in total. The summed E-state index contributed by atoms with van der Waals surface area (Å²) in [6, 6.07) is 5.33. The molecule has 0 spiro atoms. The van der Waals surface area contributed by atoms with Crippen LogP contribution in [0.25, 0.3) is 11.2 Å². The average Bonchev–Trinajstić information content (AvgIpc) is 3.05. The largest absolute Gasteiger partial charge is 0.333 e. The van der Waals surface area contributed by atoms with Gasteiger partial charge in [-0.2, -0.15) is 5.10 Å². The average molecular weight is 400 g/mol. The molecule has 1 aliphatic heterocycles. The fourth-order valence-electron chi connectivity index (χ4n) is 3.80. The van der Waals surface area contributed by atoms with E-state index < -0.39 is 16.9 Å². The van der Waals surface area contributed by atoms with Gasteiger partial charge in [-0.15, -0.1) is 0 Å². The first-order chi connectivity index (χ1) is 13.8. The molecule has 1 saturated heterocycles. The summed E-state index contributed by atoms with van der Waals surface area (Å²) in [5.41, 5.74) is 0.405. The molecule has 9 heteroatoms. The van der Waals surface area contributed by atoms with Gasteiger partial charge in [0.05, 0.1) is 17.4 Å². The molecule has 8 nitrogen and oxygen atoms in total. The highest BCUT2D eigenvalue weighted by molar-refractivity contribution is 5.64. The maximum atomic E-state index is 13.9. The van der Waals surface area contributed by atoms with Crippen LogP contribution in [0.15, 0.2) is 46.4 Å². The number of aromatic amines is 1. The summed E-state index contributed by atoms with van der Waals surface area (Å²) in [5.74, 6) is 0. The fraction of sp³-hybridized carbons (Fsp3) is 0.450. The third-order valence-corrected chi connectivity index (χ3v) is 5.12. The van der Waals surface area contributed by atoms with E-state index in [-0.39, 0.29) is 0 Å². The Bertz CT molecular complexity index is 1120. The molecule has 4 rings (SSSR count). The molecule has 1 aliphatic rings. The van der Waals surface area contributed by atoms with E-state index in [4.69, 9.17) is 0 Å². The molecule has 0 saturated carbocycles. The van der Waals surface area contributed by atoms with Crippen LogP contribution in [0.1, 0.15) is 19.4 Å². The number of hydrogen-bond donors (Lipinski definition) is 1. The van der Waals surface area contributed by atoms with Crippen LogP contribution >= 0.6 is 0 Å². The van der Waals surface area contributed by atoms with Crippen LogP contribution in [-0.2, 0) is 6.54 Å². The number of nitrogens with zero attached hydrogens (tertiary/aromatic N) is 5. The van der Waals surface area contributed by atoms with Crippen molar-refractivity contribution in [3.05, 3.63) is 63.2 Å². The predicted molar refractivity (Wildman–Crippen MR) is 108 cm³/mol. The van der Waals surface area contributed by atoms with Crippen molar-refractivity contribution in [2.24, 2.45) is 0 Å². The minimum absolute atomic E-state index is 0.432. The normalized spacial score (nSPS) is 16.5. The number of halogens is 1. The molecule has 1 fully saturated rings. The molecule has 0 amide bonds. The maximum absolute atomic E-state index is 13.9. The molecule has 4 heterocycles. The van der Waals surface area contributed by atoms with E-state index >= 15 is 0 Å². The zero-order chi connectivity index (χ0) is 20.6. The third-order valence-electron chi connectivity index (χ3n) is 5.12. The van der Waals surface area contributed by atoms with Crippen LogP contribution in [0, 0.1) is 0 Å². The first kappa shape index (κ1) is 19.5. The lowest BCUT2D eigenvalue weighted by Gasteiger charge is -2.36. The van der Waals surface area contributed by atoms with E-state index in [9.17, 15) is 14.0 Å². The smallest absolute Gasteiger partial charge is 0.298 e. The van der Waals surface area contributed by atoms with E-state index in [1.807, 2.05) is 18.3 Å². The molecule has 0 radical (unpaired) electrons. The Morgan fingerprint density at radius 2 is 1.83 bits per heavy atom. The van der Waals surface area contributed by atoms with Gasteiger partial charge in [0.2, 0.25) is 0 Å². The highest BCUT2D eigenvalue weighted by atomic mass is 19.1. The summed E-state index contributed by atoms with van der Waals surface area (Å²) in [4.78, 5) is 30.3. The molecule has 0 atom stereocenters. The lowest BCUT2D eigenvalue weighted by Crippen LogP contribution is -2.49. The first-order valence-corrected chi connectivity index (χ1v) is 9.71. The van der Waals surface area contributed by atoms with Crippen LogP contribution in [0.3, 0.4) is 0 Å². The van der Waals surface area contributed by atoms with Crippen molar-refractivity contribution in [1.82, 2.24) is 29.0 Å². The van der Waals surface area contributed by atoms with E-state index in [2.05, 4.69) is 19.9 Å². The van der Waals surface area contributed by atoms with Crippen LogP contribution in [0.5, 0.6) is 0 Å². The number of rotatable bonds is 5. The van der Waals surface area contributed by atoms with Gasteiger partial charge in [-0.05, 0) is 31.5 Å². The van der Waals surface area contributed by atoms with E-state index in [0.29, 0.717) is 12.2 Å². The van der Waals surface area contributed by atoms with Gasteiger partial charge in [0.15, 0.2) is 0 Å². The second-order valence-electron chi connectivity index (χ2n) is 8.15. The van der Waals surface area contributed by atoms with Gasteiger partial charge >= 0.3 is 5.69 Å². The van der Waals surface area contributed by atoms with E-state index in [1.54, 1.807) is 24.6 Å². The van der Waals surface area contributed by atoms with Gasteiger partial charge in [0, 0.05) is 57.7 Å². The summed E-state index contributed by atoms with van der Waals surface area (Å²) in [7, 11) is 0. The summed E-state index contributed by atoms with van der Waals surface area (Å²) in [6.07, 6.45) is 4.93. The molecule has 0 unspecified atom stereocenters. The predicted octanol–water partition coefficient (Wildman–Crippen LogP) is 1.04. The van der Waals surface area contributed by atoms with Gasteiger partial charge < -0.3 is 0 Å². The van der Waals surface area contributed by atoms with Crippen molar-refractivity contribution >= 4 is 5.52 Å². The Hall–Kier alpha value is -2.78. The molecule has 3 aromatic heterocycles. The minimum atomic E-state index is -1.18. The van der Waals surface area contributed by atoms with Crippen LogP contribution in [0.2, 0.25) is 0 Å². The Morgan fingerprint density at radius 1 is 1.10 bits per heavy atom. The van der Waals surface area contributed by atoms with Gasteiger partial charge in [-0.25, -0.2) is 13.7 Å². The highest BCUT2D eigenvalue weighted by Gasteiger charge is 2.24. The number of nitrogens with one attached hydrogen (secondary N) is 1. The molecule has 0 aromatic carbocycles. The molecule has 154 valence electrons. The Balaban J connectivity index is 1.51. The van der Waals surface area contributed by atoms with Crippen molar-refractivity contribution < 1.29 is 4.39 Å². The molecule has 0 bridgehead atoms. The van der Waals surface area contributed by atoms with Crippen LogP contribution in [0.4, 0.5) is 4.39 Å². The number of alkyl halides is 1. The fourth-order valence-corrected chi connectivity index (χ4v) is 3.80. The lowest BCUT2D eigenvalue weighted by molar-refractivity contribution is 0.0732. The minimum Gasteiger partial charge on any atom is -0.298 e. The van der Waals surface area contributed by atoms with Crippen molar-refractivity contribution in [1.29, 1.82) is 0 Å². The topological polar surface area (TPSA) is 78.6 Å². The molecular weight excluding hydrogens is 375 g/mol. The summed E-state index contributed by atoms with van der Waals surface area (Å²) in [5, 5.41) is 4.30. The van der Waals surface area contributed by atoms with Crippen molar-refractivity contribution in [2.45, 2.75) is 26.1 Å². The lowest BCUT2D eigenvalue weighted by atomic mass is 10.1. The second kappa shape index (κ2) is 7.57. The van der Waals surface area contributed by atoms with Crippen molar-refractivity contribution in [3.63, 3.8) is 0 Å². The van der Waals surface area contributed by atoms with E-state index in [1.165, 1.54) is 16.8 Å². The monoisotopic (exact) mass is 400 g/mol. The summed E-state index contributed by atoms with van der Waals surface area (Å²) in [6.45, 7) is 7.92. The zero-order valence-corrected chi connectivity index (χ0v) is 16.6. The van der Waals surface area contributed by atoms with Gasteiger partial charge in [0.1, 0.15) is 5.67 Å². The molecule has 3 aromatic rings. The molecule has 29 heavy (non-hydrogen) atoms. The molecular formula is C20H25FN6O2. The Kier molecular flexibility index (Phi) is 5.10. The molecule has 0 aliphatic carbocycles. The zero-order valence-electron chi connectivity index (χ0n) is 16.6. The Morgan fingerprint density at radius 3 is 2.52 bits per heavy atom. The number of piperazine rings is 1. The van der Waals surface area contributed by atoms with Crippen LogP contribution in [-0.4, -0.2) is 67.4 Å². The van der Waals surface area contributed by atoms with Gasteiger partial charge in [0.25, 0.3) is 5.56 Å². The number of aromatic nitrogens is 4. The summed E-state index contributed by atoms with van der Waals surface area (Å²) >= 11 is 0. The second-order valence-corrected chi connectivity index (χ2v) is 8.15. The summed E-state index contributed by atoms with van der Waals surface area (Å²) < 4.78 is 16.9. The first-order valence-electron chi connectivity index (χ1n) is 9.71. The quantitative estimate of drug-likeness (QED) is 0.692. The number of pyridine rings is 1. The Labute approximate surface area is 167 Å². The maximum Gasteiger partial charge on any atom is 0.333 e. The third kappa shape index (κ3) is 4.46. The van der Waals surface area contributed by atoms with Crippen molar-refractivity contribution in [3.8, 4) is 5.69 Å². The van der Waals surface area contributed by atoms with E-state index in [0.717, 1.165) is 43.8 Å². The van der Waals surface area contributed by atoms with Crippen LogP contribution < -0.4 is 11.2 Å². The highest BCUT2D eigenvalue weighted by Crippen LogP contribution is 2.18. The van der Waals surface area contributed by atoms with Crippen molar-refractivity contribution in [2.75, 3.05) is 32.7 Å². The number of hydrogen-bond acceptors (Lipinski definition) is 5. The number of H-pyrrole nitrogens is 1. The van der Waals surface area contributed by atoms with Gasteiger partial charge in [-0.3, -0.25) is 24.1 Å². The number of fused-ring (bicyclic) bond motifs is 1. The standard InChI is InChI=1S/C20H25FN6O2/c1-20(2,21)14-25-9-7-24(8-10-25)13-15-3-6-27-16(11-15)17(12-22-27)26-5-4-18(28)23-19(26)29/h3-6,11-12H,7-10,13-14H2,1-2H3,(H,23,28,29). The SMILES string of the molecule is CC(C)(F)CN1CCN(Cc2ccn3ncc(-n4ccc(=O)[nH]c4=O)c3c2)CC1.